The fourth-order valence-electron chi connectivity index (χ4n) is 5.58. The van der Waals surface area contributed by atoms with Crippen molar-refractivity contribution in [2.24, 2.45) is 5.92 Å². The minimum atomic E-state index is -3.44. The Morgan fingerprint density at radius 2 is 1.83 bits per heavy atom. The van der Waals surface area contributed by atoms with Gasteiger partial charge in [-0.2, -0.15) is 18.6 Å². The van der Waals surface area contributed by atoms with E-state index in [2.05, 4.69) is 15.7 Å². The number of hydrogen-bond acceptors (Lipinski definition) is 8. The Balaban J connectivity index is 1.38. The smallest absolute Gasteiger partial charge is 0.407 e. The summed E-state index contributed by atoms with van der Waals surface area (Å²) < 4.78 is 36.8. The molecular weight excluding hydrogens is 548 g/mol. The highest BCUT2D eigenvalue weighted by Gasteiger charge is 2.33. The van der Waals surface area contributed by atoms with E-state index in [9.17, 15) is 18.0 Å². The van der Waals surface area contributed by atoms with E-state index in [0.29, 0.717) is 17.8 Å². The van der Waals surface area contributed by atoms with E-state index in [0.717, 1.165) is 50.5 Å². The summed E-state index contributed by atoms with van der Waals surface area (Å²) in [7, 11) is -3.44. The zero-order chi connectivity index (χ0) is 29.9. The number of ether oxygens (including phenoxy) is 1. The van der Waals surface area contributed by atoms with E-state index in [-0.39, 0.29) is 48.1 Å². The lowest BCUT2D eigenvalue weighted by Crippen LogP contribution is -2.33. The summed E-state index contributed by atoms with van der Waals surface area (Å²) in [6.07, 6.45) is 9.53. The third-order valence-electron chi connectivity index (χ3n) is 7.66. The Morgan fingerprint density at radius 1 is 1.12 bits per heavy atom. The second-order valence-electron chi connectivity index (χ2n) is 12.7. The first-order chi connectivity index (χ1) is 19.2. The molecule has 0 spiro atoms. The summed E-state index contributed by atoms with van der Waals surface area (Å²) in [6, 6.07) is 2.09. The fourth-order valence-corrected chi connectivity index (χ4v) is 6.02. The first kappa shape index (κ1) is 31.0. The summed E-state index contributed by atoms with van der Waals surface area (Å²) in [5, 5.41) is 15.1. The van der Waals surface area contributed by atoms with Crippen molar-refractivity contribution in [3.8, 4) is 0 Å². The molecule has 2 aliphatic carbocycles. The molecule has 0 aromatic carbocycles. The van der Waals surface area contributed by atoms with Crippen molar-refractivity contribution in [2.45, 2.75) is 109 Å². The van der Waals surface area contributed by atoms with Crippen LogP contribution in [0.3, 0.4) is 0 Å². The van der Waals surface area contributed by atoms with Crippen molar-refractivity contribution in [2.75, 3.05) is 18.2 Å². The summed E-state index contributed by atoms with van der Waals surface area (Å²) in [6.45, 7) is 10.1. The maximum Gasteiger partial charge on any atom is 0.407 e. The van der Waals surface area contributed by atoms with Crippen molar-refractivity contribution in [1.82, 2.24) is 24.9 Å². The fraction of sp³-hybridized carbons (Fsp3) is 0.714. The number of hydrogen-bond donors (Lipinski definition) is 2. The van der Waals surface area contributed by atoms with Gasteiger partial charge < -0.3 is 15.4 Å². The van der Waals surface area contributed by atoms with Crippen LogP contribution in [-0.2, 0) is 24.6 Å². The quantitative estimate of drug-likeness (QED) is 0.403. The SMILES string of the molecule is CC(C)NC(=O)O[C@@H]1CC[C@H](c2cc(NC(=O)c3cnn(C4CCC(COS(C)(=O)=O)CC4)c3)n(C(C)(C)C)n2)C1. The summed E-state index contributed by atoms with van der Waals surface area (Å²) in [5.41, 5.74) is 0.968. The van der Waals surface area contributed by atoms with E-state index < -0.39 is 16.2 Å². The van der Waals surface area contributed by atoms with Gasteiger partial charge in [0.15, 0.2) is 0 Å². The van der Waals surface area contributed by atoms with Gasteiger partial charge in [-0.15, -0.1) is 0 Å². The molecule has 0 aliphatic heterocycles. The van der Waals surface area contributed by atoms with Gasteiger partial charge in [0.25, 0.3) is 16.0 Å². The van der Waals surface area contributed by atoms with E-state index in [4.69, 9.17) is 14.0 Å². The van der Waals surface area contributed by atoms with Gasteiger partial charge in [-0.1, -0.05) is 0 Å². The number of nitrogens with zero attached hydrogens (tertiary/aromatic N) is 4. The number of carbonyl (C=O) groups is 2. The number of aromatic nitrogens is 4. The molecule has 2 aromatic heterocycles. The number of amides is 2. The molecule has 2 heterocycles. The molecule has 2 fully saturated rings. The first-order valence-electron chi connectivity index (χ1n) is 14.5. The van der Waals surface area contributed by atoms with Crippen LogP contribution < -0.4 is 10.6 Å². The van der Waals surface area contributed by atoms with Crippen molar-refractivity contribution in [3.05, 3.63) is 29.7 Å². The average molecular weight is 593 g/mol. The van der Waals surface area contributed by atoms with Crippen molar-refractivity contribution < 1.29 is 26.9 Å². The minimum absolute atomic E-state index is 0.0179. The van der Waals surface area contributed by atoms with Crippen LogP contribution in [0.4, 0.5) is 10.6 Å². The molecule has 2 aliphatic rings. The molecule has 2 atom stereocenters. The zero-order valence-electron chi connectivity index (χ0n) is 24.9. The summed E-state index contributed by atoms with van der Waals surface area (Å²) >= 11 is 0. The topological polar surface area (TPSA) is 146 Å². The van der Waals surface area contributed by atoms with Crippen LogP contribution in [0.1, 0.15) is 108 Å². The minimum Gasteiger partial charge on any atom is -0.446 e. The van der Waals surface area contributed by atoms with Crippen LogP contribution in [0.2, 0.25) is 0 Å². The largest absolute Gasteiger partial charge is 0.446 e. The van der Waals surface area contributed by atoms with Crippen molar-refractivity contribution in [3.63, 3.8) is 0 Å². The molecule has 0 saturated heterocycles. The number of carbonyl (C=O) groups excluding carboxylic acids is 2. The maximum absolute atomic E-state index is 13.3. The van der Waals surface area contributed by atoms with E-state index in [1.807, 2.05) is 50.0 Å². The highest BCUT2D eigenvalue weighted by atomic mass is 32.2. The van der Waals surface area contributed by atoms with Crippen LogP contribution in [0.25, 0.3) is 0 Å². The van der Waals surface area contributed by atoms with Crippen LogP contribution in [0, 0.1) is 5.92 Å². The summed E-state index contributed by atoms with van der Waals surface area (Å²) in [5.74, 6) is 0.678. The van der Waals surface area contributed by atoms with E-state index in [1.54, 1.807) is 12.4 Å². The van der Waals surface area contributed by atoms with Crippen LogP contribution >= 0.6 is 0 Å². The van der Waals surface area contributed by atoms with Gasteiger partial charge in [0, 0.05) is 24.2 Å². The Morgan fingerprint density at radius 3 is 2.46 bits per heavy atom. The molecule has 228 valence electrons. The Bertz CT molecular complexity index is 1320. The van der Waals surface area contributed by atoms with Gasteiger partial charge in [0.05, 0.1) is 41.9 Å². The number of anilines is 1. The van der Waals surface area contributed by atoms with Gasteiger partial charge in [-0.05, 0) is 85.5 Å². The molecule has 41 heavy (non-hydrogen) atoms. The third kappa shape index (κ3) is 8.54. The first-order valence-corrected chi connectivity index (χ1v) is 16.3. The molecule has 2 aromatic rings. The highest BCUT2D eigenvalue weighted by Crippen LogP contribution is 2.37. The van der Waals surface area contributed by atoms with Gasteiger partial charge in [-0.3, -0.25) is 13.7 Å². The molecule has 2 amide bonds. The van der Waals surface area contributed by atoms with E-state index >= 15 is 0 Å². The number of rotatable bonds is 9. The Labute approximate surface area is 242 Å². The van der Waals surface area contributed by atoms with Crippen LogP contribution in [0.5, 0.6) is 0 Å². The van der Waals surface area contributed by atoms with Gasteiger partial charge in [0.1, 0.15) is 11.9 Å². The summed E-state index contributed by atoms with van der Waals surface area (Å²) in [4.78, 5) is 25.3. The lowest BCUT2D eigenvalue weighted by atomic mass is 9.87. The second kappa shape index (κ2) is 12.5. The van der Waals surface area contributed by atoms with Gasteiger partial charge in [0.2, 0.25) is 0 Å². The van der Waals surface area contributed by atoms with Crippen molar-refractivity contribution >= 4 is 27.9 Å². The van der Waals surface area contributed by atoms with E-state index in [1.165, 1.54) is 0 Å². The molecular formula is C28H44N6O6S. The molecule has 0 radical (unpaired) electrons. The zero-order valence-corrected chi connectivity index (χ0v) is 25.7. The molecule has 2 N–H and O–H groups in total. The molecule has 0 unspecified atom stereocenters. The second-order valence-corrected chi connectivity index (χ2v) is 14.3. The molecule has 0 bridgehead atoms. The molecule has 13 heteroatoms. The predicted molar refractivity (Wildman–Crippen MR) is 154 cm³/mol. The maximum atomic E-state index is 13.3. The van der Waals surface area contributed by atoms with Gasteiger partial charge >= 0.3 is 6.09 Å². The third-order valence-corrected chi connectivity index (χ3v) is 8.22. The van der Waals surface area contributed by atoms with Gasteiger partial charge in [-0.25, -0.2) is 9.48 Å². The molecule has 4 rings (SSSR count). The average Bonchev–Trinajstić information content (AvgIpc) is 3.61. The Kier molecular flexibility index (Phi) is 9.47. The van der Waals surface area contributed by atoms with Crippen molar-refractivity contribution in [1.29, 1.82) is 0 Å². The van der Waals surface area contributed by atoms with Crippen LogP contribution in [0.15, 0.2) is 18.5 Å². The molecule has 12 nitrogen and oxygen atoms in total. The number of nitrogens with one attached hydrogen (secondary N) is 2. The monoisotopic (exact) mass is 592 g/mol. The highest BCUT2D eigenvalue weighted by molar-refractivity contribution is 7.85. The Hall–Kier alpha value is -2.93. The predicted octanol–water partition coefficient (Wildman–Crippen LogP) is 4.57. The molecule has 2 saturated carbocycles. The van der Waals surface area contributed by atoms with Crippen LogP contribution in [-0.4, -0.2) is 65.0 Å². The lowest BCUT2D eigenvalue weighted by Gasteiger charge is -2.28. The number of alkyl carbamates (subject to hydrolysis) is 1. The lowest BCUT2D eigenvalue weighted by molar-refractivity contribution is 0.0979. The normalized spacial score (nSPS) is 23.5. The standard InChI is InChI=1S/C28H44N6O6S/c1-18(2)30-27(36)40-23-12-9-20(13-23)24-14-25(34(32-24)28(3,4)5)31-26(35)21-15-29-33(16-21)22-10-7-19(8-11-22)17-39-41(6,37)38/h14-16,18-20,22-23H,7-13,17H2,1-6H3,(H,30,36)(H,31,35)/t19?,20-,22?,23+/m0/s1.